The summed E-state index contributed by atoms with van der Waals surface area (Å²) in [5, 5.41) is 4.42. The van der Waals surface area contributed by atoms with Crippen molar-refractivity contribution in [3.63, 3.8) is 0 Å². The van der Waals surface area contributed by atoms with Crippen LogP contribution in [-0.2, 0) is 0 Å². The maximum atomic E-state index is 6.12. The van der Waals surface area contributed by atoms with E-state index in [0.29, 0.717) is 17.5 Å². The molecule has 2 aromatic heterocycles. The lowest BCUT2D eigenvalue weighted by atomic mass is 9.99. The number of rotatable bonds is 4. The van der Waals surface area contributed by atoms with Crippen molar-refractivity contribution >= 4 is 32.7 Å². The van der Waals surface area contributed by atoms with Crippen LogP contribution < -0.4 is 0 Å². The van der Waals surface area contributed by atoms with Crippen LogP contribution >= 0.6 is 0 Å². The molecule has 0 amide bonds. The summed E-state index contributed by atoms with van der Waals surface area (Å²) in [6.45, 7) is 0. The van der Waals surface area contributed by atoms with E-state index < -0.39 is 0 Å². The monoisotopic (exact) mass is 525 g/mol. The van der Waals surface area contributed by atoms with E-state index in [1.165, 1.54) is 0 Å². The standard InChI is InChI=1S/C37H23N3O/c1-3-11-24(12-4-1)29-15-7-8-17-31(29)37-39-35(25-13-5-2-6-14-25)38-36(40-37)27-20-19-26-23-34-32(22-28(26)21-27)30-16-9-10-18-33(30)41-34/h1-23H. The second kappa shape index (κ2) is 9.54. The van der Waals surface area contributed by atoms with Gasteiger partial charge in [0.2, 0.25) is 0 Å². The van der Waals surface area contributed by atoms with Crippen LogP contribution in [-0.4, -0.2) is 15.0 Å². The Morgan fingerprint density at radius 3 is 1.80 bits per heavy atom. The second-order valence-corrected chi connectivity index (χ2v) is 10.1. The minimum Gasteiger partial charge on any atom is -0.456 e. The van der Waals surface area contributed by atoms with Gasteiger partial charge in [-0.2, -0.15) is 0 Å². The van der Waals surface area contributed by atoms with Gasteiger partial charge in [-0.05, 0) is 46.2 Å². The number of furan rings is 1. The molecule has 0 aliphatic heterocycles. The van der Waals surface area contributed by atoms with Crippen molar-refractivity contribution in [1.82, 2.24) is 15.0 Å². The summed E-state index contributed by atoms with van der Waals surface area (Å²) >= 11 is 0. The zero-order valence-corrected chi connectivity index (χ0v) is 22.0. The van der Waals surface area contributed by atoms with Gasteiger partial charge in [-0.15, -0.1) is 0 Å². The lowest BCUT2D eigenvalue weighted by molar-refractivity contribution is 0.669. The van der Waals surface area contributed by atoms with Gasteiger partial charge >= 0.3 is 0 Å². The molecular formula is C37H23N3O. The van der Waals surface area contributed by atoms with E-state index >= 15 is 0 Å². The number of aromatic nitrogens is 3. The molecule has 0 fully saturated rings. The van der Waals surface area contributed by atoms with E-state index in [1.54, 1.807) is 0 Å². The van der Waals surface area contributed by atoms with Crippen molar-refractivity contribution in [2.24, 2.45) is 0 Å². The number of hydrogen-bond acceptors (Lipinski definition) is 4. The van der Waals surface area contributed by atoms with E-state index in [9.17, 15) is 0 Å². The smallest absolute Gasteiger partial charge is 0.164 e. The molecule has 2 heterocycles. The number of hydrogen-bond donors (Lipinski definition) is 0. The van der Waals surface area contributed by atoms with Crippen molar-refractivity contribution in [3.8, 4) is 45.3 Å². The molecule has 41 heavy (non-hydrogen) atoms. The summed E-state index contributed by atoms with van der Waals surface area (Å²) in [6.07, 6.45) is 0. The highest BCUT2D eigenvalue weighted by atomic mass is 16.3. The average molecular weight is 526 g/mol. The summed E-state index contributed by atoms with van der Waals surface area (Å²) < 4.78 is 6.12. The van der Waals surface area contributed by atoms with Gasteiger partial charge in [0.1, 0.15) is 11.2 Å². The first-order valence-electron chi connectivity index (χ1n) is 13.6. The molecule has 0 saturated carbocycles. The Balaban J connectivity index is 1.33. The van der Waals surface area contributed by atoms with Crippen LogP contribution in [0.3, 0.4) is 0 Å². The van der Waals surface area contributed by atoms with Crippen molar-refractivity contribution in [2.45, 2.75) is 0 Å². The lowest BCUT2D eigenvalue weighted by Gasteiger charge is -2.12. The Morgan fingerprint density at radius 1 is 0.366 bits per heavy atom. The number of para-hydroxylation sites is 1. The minimum atomic E-state index is 0.635. The molecule has 0 aliphatic rings. The molecule has 0 unspecified atom stereocenters. The summed E-state index contributed by atoms with van der Waals surface area (Å²) in [7, 11) is 0. The molecule has 0 aliphatic carbocycles. The maximum absolute atomic E-state index is 6.12. The zero-order valence-electron chi connectivity index (χ0n) is 22.0. The molecule has 0 spiro atoms. The molecule has 6 aromatic carbocycles. The Labute approximate surface area is 236 Å². The predicted molar refractivity (Wildman–Crippen MR) is 166 cm³/mol. The highest BCUT2D eigenvalue weighted by Crippen LogP contribution is 2.35. The van der Waals surface area contributed by atoms with Gasteiger partial charge in [-0.1, -0.05) is 115 Å². The first kappa shape index (κ1) is 23.3. The van der Waals surface area contributed by atoms with E-state index in [2.05, 4.69) is 78.9 Å². The van der Waals surface area contributed by atoms with Gasteiger partial charge in [-0.25, -0.2) is 15.0 Å². The molecule has 4 heteroatoms. The Kier molecular flexibility index (Phi) is 5.42. The third-order valence-electron chi connectivity index (χ3n) is 7.51. The summed E-state index contributed by atoms with van der Waals surface area (Å²) in [5.74, 6) is 1.92. The molecule has 192 valence electrons. The van der Waals surface area contributed by atoms with Crippen molar-refractivity contribution in [2.75, 3.05) is 0 Å². The van der Waals surface area contributed by atoms with Gasteiger partial charge < -0.3 is 4.42 Å². The fourth-order valence-corrected chi connectivity index (χ4v) is 5.50. The van der Waals surface area contributed by atoms with Gasteiger partial charge in [0.15, 0.2) is 17.5 Å². The summed E-state index contributed by atoms with van der Waals surface area (Å²) in [5.41, 5.74) is 6.82. The molecule has 0 radical (unpaired) electrons. The fourth-order valence-electron chi connectivity index (χ4n) is 5.50. The molecule has 0 bridgehead atoms. The summed E-state index contributed by atoms with van der Waals surface area (Å²) in [6, 6.07) is 47.5. The highest BCUT2D eigenvalue weighted by molar-refractivity contribution is 6.10. The molecule has 8 aromatic rings. The minimum absolute atomic E-state index is 0.635. The lowest BCUT2D eigenvalue weighted by Crippen LogP contribution is -2.01. The quantitative estimate of drug-likeness (QED) is 0.230. The van der Waals surface area contributed by atoms with E-state index in [0.717, 1.165) is 60.5 Å². The number of fused-ring (bicyclic) bond motifs is 4. The van der Waals surface area contributed by atoms with E-state index in [4.69, 9.17) is 19.4 Å². The zero-order chi connectivity index (χ0) is 27.2. The van der Waals surface area contributed by atoms with Gasteiger partial charge in [0.05, 0.1) is 0 Å². The molecule has 0 N–H and O–H groups in total. The van der Waals surface area contributed by atoms with Crippen LogP contribution in [0.4, 0.5) is 0 Å². The van der Waals surface area contributed by atoms with Crippen LogP contribution in [0.25, 0.3) is 78.0 Å². The SMILES string of the molecule is c1ccc(-c2nc(-c3ccc4cc5oc6ccccc6c5cc4c3)nc(-c3ccccc3-c3ccccc3)n2)cc1. The van der Waals surface area contributed by atoms with Gasteiger partial charge in [-0.3, -0.25) is 0 Å². The molecule has 8 rings (SSSR count). The van der Waals surface area contributed by atoms with Crippen LogP contribution in [0.1, 0.15) is 0 Å². The van der Waals surface area contributed by atoms with Crippen molar-refractivity contribution in [3.05, 3.63) is 140 Å². The van der Waals surface area contributed by atoms with Crippen LogP contribution in [0.15, 0.2) is 144 Å². The first-order chi connectivity index (χ1) is 20.3. The number of nitrogens with zero attached hydrogens (tertiary/aromatic N) is 3. The van der Waals surface area contributed by atoms with Gasteiger partial charge in [0, 0.05) is 27.5 Å². The second-order valence-electron chi connectivity index (χ2n) is 10.1. The third kappa shape index (κ3) is 4.14. The van der Waals surface area contributed by atoms with Crippen LogP contribution in [0.5, 0.6) is 0 Å². The van der Waals surface area contributed by atoms with Crippen molar-refractivity contribution in [1.29, 1.82) is 0 Å². The predicted octanol–water partition coefficient (Wildman–Crippen LogP) is 9.59. The maximum Gasteiger partial charge on any atom is 0.164 e. The van der Waals surface area contributed by atoms with E-state index in [-0.39, 0.29) is 0 Å². The fraction of sp³-hybridized carbons (Fsp3) is 0. The first-order valence-corrected chi connectivity index (χ1v) is 13.6. The Morgan fingerprint density at radius 2 is 1.00 bits per heavy atom. The van der Waals surface area contributed by atoms with Gasteiger partial charge in [0.25, 0.3) is 0 Å². The Hall–Kier alpha value is -5.61. The highest BCUT2D eigenvalue weighted by Gasteiger charge is 2.16. The largest absolute Gasteiger partial charge is 0.456 e. The van der Waals surface area contributed by atoms with Crippen LogP contribution in [0, 0.1) is 0 Å². The molecule has 0 atom stereocenters. The topological polar surface area (TPSA) is 51.8 Å². The average Bonchev–Trinajstić information content (AvgIpc) is 3.41. The molecule has 0 saturated heterocycles. The summed E-state index contributed by atoms with van der Waals surface area (Å²) in [4.78, 5) is 15.0. The normalized spacial score (nSPS) is 11.4. The molecular weight excluding hydrogens is 502 g/mol. The Bertz CT molecular complexity index is 2200. The molecule has 4 nitrogen and oxygen atoms in total. The number of benzene rings is 6. The third-order valence-corrected chi connectivity index (χ3v) is 7.51. The van der Waals surface area contributed by atoms with E-state index in [1.807, 2.05) is 60.7 Å². The van der Waals surface area contributed by atoms with Crippen LogP contribution in [0.2, 0.25) is 0 Å². The van der Waals surface area contributed by atoms with Crippen molar-refractivity contribution < 1.29 is 4.42 Å².